The molecule has 0 bridgehead atoms. The minimum Gasteiger partial charge on any atom is -0.427 e. The van der Waals surface area contributed by atoms with Crippen LogP contribution < -0.4 is 15.4 Å². The van der Waals surface area contributed by atoms with E-state index in [0.29, 0.717) is 23.5 Å². The summed E-state index contributed by atoms with van der Waals surface area (Å²) < 4.78 is 17.9. The van der Waals surface area contributed by atoms with E-state index in [1.807, 2.05) is 0 Å². The van der Waals surface area contributed by atoms with Crippen molar-refractivity contribution in [1.82, 2.24) is 5.32 Å². The number of amides is 2. The highest BCUT2D eigenvalue weighted by atomic mass is 19.1. The summed E-state index contributed by atoms with van der Waals surface area (Å²) in [6, 6.07) is 19.2. The lowest BCUT2D eigenvalue weighted by molar-refractivity contribution is -0.131. The van der Waals surface area contributed by atoms with E-state index in [1.54, 1.807) is 54.6 Å². The van der Waals surface area contributed by atoms with Crippen molar-refractivity contribution in [1.29, 1.82) is 0 Å². The van der Waals surface area contributed by atoms with E-state index >= 15 is 0 Å². The van der Waals surface area contributed by atoms with Gasteiger partial charge < -0.3 is 15.4 Å². The third-order valence-electron chi connectivity index (χ3n) is 4.33. The molecule has 0 aliphatic carbocycles. The Morgan fingerprint density at radius 1 is 0.903 bits per heavy atom. The molecular formula is C24H21FN2O4. The third kappa shape index (κ3) is 6.78. The lowest BCUT2D eigenvalue weighted by Crippen LogP contribution is -2.22. The van der Waals surface area contributed by atoms with Crippen molar-refractivity contribution in [3.63, 3.8) is 0 Å². The summed E-state index contributed by atoms with van der Waals surface area (Å²) in [5, 5.41) is 5.58. The number of hydrogen-bond donors (Lipinski definition) is 2. The van der Waals surface area contributed by atoms with Crippen LogP contribution in [0.5, 0.6) is 5.75 Å². The molecule has 0 saturated carbocycles. The molecule has 7 heteroatoms. The van der Waals surface area contributed by atoms with Crippen molar-refractivity contribution in [3.8, 4) is 5.75 Å². The highest BCUT2D eigenvalue weighted by molar-refractivity contribution is 5.94. The Morgan fingerprint density at radius 2 is 1.58 bits per heavy atom. The Labute approximate surface area is 179 Å². The monoisotopic (exact) mass is 420 g/mol. The maximum Gasteiger partial charge on any atom is 0.308 e. The maximum atomic E-state index is 12.9. The molecule has 31 heavy (non-hydrogen) atoms. The summed E-state index contributed by atoms with van der Waals surface area (Å²) in [6.07, 6.45) is 0.143. The summed E-state index contributed by atoms with van der Waals surface area (Å²) in [6.45, 7) is 1.59. The predicted octanol–water partition coefficient (Wildman–Crippen LogP) is 3.86. The fraction of sp³-hybridized carbons (Fsp3) is 0.125. The molecule has 0 aromatic heterocycles. The average Bonchev–Trinajstić information content (AvgIpc) is 2.74. The maximum absolute atomic E-state index is 12.9. The van der Waals surface area contributed by atoms with Crippen LogP contribution in [0.3, 0.4) is 0 Å². The van der Waals surface area contributed by atoms with Gasteiger partial charge in [0.25, 0.3) is 5.91 Å². The van der Waals surface area contributed by atoms with Gasteiger partial charge in [-0.15, -0.1) is 0 Å². The summed E-state index contributed by atoms with van der Waals surface area (Å²) in [7, 11) is 0. The molecule has 0 radical (unpaired) electrons. The van der Waals surface area contributed by atoms with Crippen molar-refractivity contribution in [2.24, 2.45) is 0 Å². The quantitative estimate of drug-likeness (QED) is 0.449. The van der Waals surface area contributed by atoms with E-state index in [4.69, 9.17) is 4.74 Å². The van der Waals surface area contributed by atoms with Crippen LogP contribution in [0.2, 0.25) is 0 Å². The van der Waals surface area contributed by atoms with Gasteiger partial charge >= 0.3 is 5.97 Å². The first-order valence-electron chi connectivity index (χ1n) is 9.59. The number of esters is 1. The first-order valence-corrected chi connectivity index (χ1v) is 9.59. The van der Waals surface area contributed by atoms with Gasteiger partial charge in [-0.2, -0.15) is 0 Å². The number of halogens is 1. The second kappa shape index (κ2) is 10.2. The largest absolute Gasteiger partial charge is 0.427 e. The molecule has 0 aliphatic heterocycles. The number of carbonyl (C=O) groups is 3. The number of anilines is 1. The Balaban J connectivity index is 1.51. The van der Waals surface area contributed by atoms with E-state index in [0.717, 1.165) is 11.1 Å². The van der Waals surface area contributed by atoms with Crippen molar-refractivity contribution < 1.29 is 23.5 Å². The normalized spacial score (nSPS) is 10.3. The fourth-order valence-corrected chi connectivity index (χ4v) is 2.85. The molecule has 3 aromatic rings. The number of ether oxygens (including phenoxy) is 1. The summed E-state index contributed by atoms with van der Waals surface area (Å²) in [5.41, 5.74) is 2.57. The minimum atomic E-state index is -0.456. The van der Waals surface area contributed by atoms with Crippen molar-refractivity contribution in [2.75, 3.05) is 5.32 Å². The molecular weight excluding hydrogens is 399 g/mol. The minimum absolute atomic E-state index is 0.143. The molecule has 0 atom stereocenters. The van der Waals surface area contributed by atoms with Gasteiger partial charge in [-0.25, -0.2) is 4.39 Å². The van der Waals surface area contributed by atoms with Crippen molar-refractivity contribution >= 4 is 23.5 Å². The van der Waals surface area contributed by atoms with Gasteiger partial charge in [-0.3, -0.25) is 14.4 Å². The van der Waals surface area contributed by atoms with Gasteiger partial charge in [0.2, 0.25) is 5.91 Å². The van der Waals surface area contributed by atoms with Crippen LogP contribution in [0, 0.1) is 5.82 Å². The zero-order valence-electron chi connectivity index (χ0n) is 16.9. The van der Waals surface area contributed by atoms with E-state index in [-0.39, 0.29) is 24.1 Å². The van der Waals surface area contributed by atoms with Gasteiger partial charge in [0.15, 0.2) is 0 Å². The first-order chi connectivity index (χ1) is 14.9. The average molecular weight is 420 g/mol. The van der Waals surface area contributed by atoms with Crippen molar-refractivity contribution in [2.45, 2.75) is 19.9 Å². The summed E-state index contributed by atoms with van der Waals surface area (Å²) >= 11 is 0. The number of benzene rings is 3. The molecule has 6 nitrogen and oxygen atoms in total. The zero-order chi connectivity index (χ0) is 22.2. The van der Waals surface area contributed by atoms with Gasteiger partial charge in [-0.1, -0.05) is 30.3 Å². The van der Waals surface area contributed by atoms with Gasteiger partial charge in [0.05, 0.1) is 6.42 Å². The number of hydrogen-bond acceptors (Lipinski definition) is 4. The van der Waals surface area contributed by atoms with E-state index in [1.165, 1.54) is 25.1 Å². The van der Waals surface area contributed by atoms with Crippen LogP contribution in [0.15, 0.2) is 72.8 Å². The molecule has 2 N–H and O–H groups in total. The molecule has 0 heterocycles. The van der Waals surface area contributed by atoms with Crippen molar-refractivity contribution in [3.05, 3.63) is 95.3 Å². The van der Waals surface area contributed by atoms with Gasteiger partial charge in [0.1, 0.15) is 11.6 Å². The molecule has 3 rings (SSSR count). The Kier molecular flexibility index (Phi) is 7.11. The van der Waals surface area contributed by atoms with E-state index < -0.39 is 5.97 Å². The molecule has 0 unspecified atom stereocenters. The summed E-state index contributed by atoms with van der Waals surface area (Å²) in [5.74, 6) is -1.00. The van der Waals surface area contributed by atoms with Crippen LogP contribution in [0.25, 0.3) is 0 Å². The predicted molar refractivity (Wildman–Crippen MR) is 114 cm³/mol. The molecule has 3 aromatic carbocycles. The highest BCUT2D eigenvalue weighted by Gasteiger charge is 2.08. The van der Waals surface area contributed by atoms with Crippen LogP contribution in [0.1, 0.15) is 28.4 Å². The standard InChI is InChI=1S/C24H21FN2O4/c1-16(28)31-22-4-2-3-19(14-22)24(30)26-15-18-7-11-21(12-8-18)27-23(29)13-17-5-9-20(25)10-6-17/h2-12,14H,13,15H2,1H3,(H,26,30)(H,27,29). The molecule has 0 fully saturated rings. The summed E-state index contributed by atoms with van der Waals surface area (Å²) in [4.78, 5) is 35.5. The second-order valence-electron chi connectivity index (χ2n) is 6.85. The molecule has 158 valence electrons. The van der Waals surface area contributed by atoms with Gasteiger partial charge in [0, 0.05) is 24.7 Å². The molecule has 0 aliphatic rings. The van der Waals surface area contributed by atoms with Gasteiger partial charge in [-0.05, 0) is 53.6 Å². The van der Waals surface area contributed by atoms with Crippen LogP contribution in [-0.2, 0) is 22.6 Å². The topological polar surface area (TPSA) is 84.5 Å². The molecule has 0 saturated heterocycles. The van der Waals surface area contributed by atoms with Crippen LogP contribution in [-0.4, -0.2) is 17.8 Å². The Hall–Kier alpha value is -4.00. The number of nitrogens with one attached hydrogen (secondary N) is 2. The highest BCUT2D eigenvalue weighted by Crippen LogP contribution is 2.14. The van der Waals surface area contributed by atoms with E-state index in [9.17, 15) is 18.8 Å². The number of rotatable bonds is 7. The Bertz CT molecular complexity index is 1080. The third-order valence-corrected chi connectivity index (χ3v) is 4.33. The zero-order valence-corrected chi connectivity index (χ0v) is 16.9. The van der Waals surface area contributed by atoms with Crippen LogP contribution >= 0.6 is 0 Å². The lowest BCUT2D eigenvalue weighted by atomic mass is 10.1. The SMILES string of the molecule is CC(=O)Oc1cccc(C(=O)NCc2ccc(NC(=O)Cc3ccc(F)cc3)cc2)c1. The smallest absolute Gasteiger partial charge is 0.308 e. The molecule has 2 amide bonds. The second-order valence-corrected chi connectivity index (χ2v) is 6.85. The first kappa shape index (κ1) is 21.7. The number of carbonyl (C=O) groups excluding carboxylic acids is 3. The van der Waals surface area contributed by atoms with Crippen LogP contribution in [0.4, 0.5) is 10.1 Å². The van der Waals surface area contributed by atoms with E-state index in [2.05, 4.69) is 10.6 Å². The Morgan fingerprint density at radius 3 is 2.26 bits per heavy atom. The fourth-order valence-electron chi connectivity index (χ4n) is 2.85. The molecule has 0 spiro atoms. The lowest BCUT2D eigenvalue weighted by Gasteiger charge is -2.09.